The average molecular weight is 605 g/mol. The predicted octanol–water partition coefficient (Wildman–Crippen LogP) is 4.96. The fourth-order valence-corrected chi connectivity index (χ4v) is 4.52. The van der Waals surface area contributed by atoms with Gasteiger partial charge in [0, 0.05) is 40.9 Å². The Labute approximate surface area is 240 Å². The van der Waals surface area contributed by atoms with E-state index in [4.69, 9.17) is 12.2 Å². The van der Waals surface area contributed by atoms with E-state index in [0.717, 1.165) is 23.0 Å². The molecule has 3 N–H and O–H groups in total. The first-order valence-corrected chi connectivity index (χ1v) is 13.7. The minimum atomic E-state index is -0.555. The maximum Gasteiger partial charge on any atom is 0.273 e. The fraction of sp³-hybridized carbons (Fsp3) is 0.207. The average Bonchev–Trinajstić information content (AvgIpc) is 3.26. The Morgan fingerprint density at radius 3 is 2.69 bits per heavy atom. The summed E-state index contributed by atoms with van der Waals surface area (Å²) in [6.07, 6.45) is 4.52. The number of nitrogens with one attached hydrogen (secondary N) is 2. The van der Waals surface area contributed by atoms with Crippen molar-refractivity contribution in [3.63, 3.8) is 0 Å². The van der Waals surface area contributed by atoms with Gasteiger partial charge in [-0.3, -0.25) is 19.3 Å². The molecule has 0 spiro atoms. The van der Waals surface area contributed by atoms with Crippen LogP contribution < -0.4 is 10.6 Å². The van der Waals surface area contributed by atoms with E-state index in [0.29, 0.717) is 33.9 Å². The van der Waals surface area contributed by atoms with Gasteiger partial charge >= 0.3 is 0 Å². The van der Waals surface area contributed by atoms with Crippen molar-refractivity contribution in [1.29, 1.82) is 0 Å². The molecule has 1 aliphatic heterocycles. The summed E-state index contributed by atoms with van der Waals surface area (Å²) in [6.45, 7) is 1.82. The molecule has 0 unspecified atom stereocenters. The molecule has 0 saturated carbocycles. The lowest BCUT2D eigenvalue weighted by Gasteiger charge is -2.16. The van der Waals surface area contributed by atoms with E-state index in [2.05, 4.69) is 48.5 Å². The van der Waals surface area contributed by atoms with Crippen LogP contribution in [-0.2, 0) is 18.3 Å². The number of benzene rings is 2. The van der Waals surface area contributed by atoms with Gasteiger partial charge < -0.3 is 15.7 Å². The summed E-state index contributed by atoms with van der Waals surface area (Å²) in [5.74, 6) is 4.87. The van der Waals surface area contributed by atoms with Crippen LogP contribution in [0.3, 0.4) is 0 Å². The second-order valence-corrected chi connectivity index (χ2v) is 10.1. The normalized spacial score (nSPS) is 14.3. The number of aliphatic imine (C=N–C) groups is 1. The van der Waals surface area contributed by atoms with E-state index in [1.54, 1.807) is 49.7 Å². The molecular formula is C29H26BrN5O3S. The van der Waals surface area contributed by atoms with E-state index >= 15 is 0 Å². The molecule has 2 heterocycles. The molecule has 0 aliphatic carbocycles. The smallest absolute Gasteiger partial charge is 0.273 e. The number of para-hydroxylation sites is 1. The zero-order chi connectivity index (χ0) is 27.9. The molecule has 2 amide bonds. The van der Waals surface area contributed by atoms with Crippen molar-refractivity contribution in [1.82, 2.24) is 9.78 Å². The van der Waals surface area contributed by atoms with Crippen molar-refractivity contribution in [2.24, 2.45) is 18.0 Å². The number of anilines is 2. The molecule has 0 saturated heterocycles. The van der Waals surface area contributed by atoms with Gasteiger partial charge in [-0.2, -0.15) is 5.10 Å². The van der Waals surface area contributed by atoms with E-state index in [9.17, 15) is 14.7 Å². The zero-order valence-corrected chi connectivity index (χ0v) is 23.8. The lowest BCUT2D eigenvalue weighted by molar-refractivity contribution is -0.112. The minimum absolute atomic E-state index is 0.0412. The fourth-order valence-electron chi connectivity index (χ4n) is 3.97. The highest BCUT2D eigenvalue weighted by Gasteiger charge is 2.24. The Kier molecular flexibility index (Phi) is 9.07. The Morgan fingerprint density at radius 2 is 1.95 bits per heavy atom. The van der Waals surface area contributed by atoms with Crippen LogP contribution in [0, 0.1) is 24.7 Å². The topological polar surface area (TPSA) is 109 Å². The van der Waals surface area contributed by atoms with Gasteiger partial charge in [0.05, 0.1) is 22.9 Å². The molecule has 0 bridgehead atoms. The van der Waals surface area contributed by atoms with Crippen LogP contribution in [0.1, 0.15) is 33.7 Å². The van der Waals surface area contributed by atoms with Crippen LogP contribution in [0.4, 0.5) is 11.4 Å². The molecule has 10 heteroatoms. The summed E-state index contributed by atoms with van der Waals surface area (Å²) in [5, 5.41) is 21.2. The third-order valence-electron chi connectivity index (χ3n) is 5.91. The highest BCUT2D eigenvalue weighted by atomic mass is 79.9. The number of alkyl halides is 1. The van der Waals surface area contributed by atoms with Crippen molar-refractivity contribution in [2.45, 2.75) is 19.8 Å². The van der Waals surface area contributed by atoms with Crippen LogP contribution >= 0.6 is 28.1 Å². The standard InChI is InChI=1S/C29H26BrN5O3S/c1-18-14-25(35(2)34-18)29(38)32-22-9-3-6-19(15-22)11-12-21-16-31-17-23(27(21)39)28(37)33-24-10-4-7-20(26(24)36)8-5-13-30/h3-4,6-7,9-10,14-17,21,36H,5,8,13H2,1-2H3,(H,32,38)(H,33,37)/t21-/m0/s1. The Balaban J connectivity index is 1.44. The molecule has 2 aromatic carbocycles. The van der Waals surface area contributed by atoms with E-state index in [-0.39, 0.29) is 17.2 Å². The van der Waals surface area contributed by atoms with Crippen molar-refractivity contribution in [3.8, 4) is 17.6 Å². The first-order valence-electron chi connectivity index (χ1n) is 12.2. The van der Waals surface area contributed by atoms with E-state index in [1.807, 2.05) is 19.1 Å². The van der Waals surface area contributed by atoms with E-state index < -0.39 is 11.8 Å². The lowest BCUT2D eigenvalue weighted by atomic mass is 9.97. The number of rotatable bonds is 7. The number of carbonyl (C=O) groups is 2. The molecule has 0 fully saturated rings. The van der Waals surface area contributed by atoms with Gasteiger partial charge in [0.1, 0.15) is 11.4 Å². The molecule has 4 rings (SSSR count). The van der Waals surface area contributed by atoms with Gasteiger partial charge in [0.25, 0.3) is 11.8 Å². The number of amides is 2. The number of hydrogen-bond donors (Lipinski definition) is 3. The molecular weight excluding hydrogens is 578 g/mol. The first-order chi connectivity index (χ1) is 18.8. The molecule has 1 atom stereocenters. The second-order valence-electron chi connectivity index (χ2n) is 8.84. The van der Waals surface area contributed by atoms with Gasteiger partial charge in [-0.25, -0.2) is 0 Å². The Bertz CT molecular complexity index is 1560. The largest absolute Gasteiger partial charge is 0.505 e. The van der Waals surface area contributed by atoms with Crippen LogP contribution in [0.5, 0.6) is 5.75 Å². The summed E-state index contributed by atoms with van der Waals surface area (Å²) in [7, 11) is 1.72. The number of phenolic OH excluding ortho intramolecular Hbond substituents is 1. The molecule has 0 radical (unpaired) electrons. The maximum absolute atomic E-state index is 13.0. The Morgan fingerprint density at radius 1 is 1.15 bits per heavy atom. The molecule has 39 heavy (non-hydrogen) atoms. The zero-order valence-electron chi connectivity index (χ0n) is 21.4. The summed E-state index contributed by atoms with van der Waals surface area (Å²) in [4.78, 5) is 30.1. The van der Waals surface area contributed by atoms with Crippen molar-refractivity contribution < 1.29 is 14.7 Å². The van der Waals surface area contributed by atoms with Crippen LogP contribution in [0.25, 0.3) is 0 Å². The number of phenols is 1. The highest BCUT2D eigenvalue weighted by Crippen LogP contribution is 2.29. The summed E-state index contributed by atoms with van der Waals surface area (Å²) in [5.41, 5.74) is 3.73. The molecule has 1 aromatic heterocycles. The van der Waals surface area contributed by atoms with Gasteiger partial charge in [0.15, 0.2) is 0 Å². The second kappa shape index (κ2) is 12.7. The molecule has 8 nitrogen and oxygen atoms in total. The number of aromatic hydroxyl groups is 1. The molecule has 3 aromatic rings. The van der Waals surface area contributed by atoms with Crippen molar-refractivity contribution >= 4 is 62.4 Å². The molecule has 1 aliphatic rings. The first kappa shape index (κ1) is 28.0. The predicted molar refractivity (Wildman–Crippen MR) is 161 cm³/mol. The monoisotopic (exact) mass is 603 g/mol. The molecule has 198 valence electrons. The number of carbonyl (C=O) groups excluding carboxylic acids is 2. The minimum Gasteiger partial charge on any atom is -0.505 e. The van der Waals surface area contributed by atoms with Crippen LogP contribution in [0.2, 0.25) is 0 Å². The quantitative estimate of drug-likeness (QED) is 0.153. The van der Waals surface area contributed by atoms with Crippen molar-refractivity contribution in [2.75, 3.05) is 16.0 Å². The van der Waals surface area contributed by atoms with Crippen LogP contribution in [0.15, 0.2) is 65.3 Å². The van der Waals surface area contributed by atoms with Gasteiger partial charge in [0.2, 0.25) is 0 Å². The summed E-state index contributed by atoms with van der Waals surface area (Å²) < 4.78 is 1.53. The third-order valence-corrected chi connectivity index (χ3v) is 6.94. The SMILES string of the molecule is Cc1cc(C(=O)Nc2cccc(C#C[C@H]3C=NC=C(C(=O)Nc4cccc(CCCBr)c4O)C3=S)c2)n(C)n1. The third kappa shape index (κ3) is 6.88. The number of aryl methyl sites for hydroxylation is 3. The number of halogens is 1. The summed E-state index contributed by atoms with van der Waals surface area (Å²) >= 11 is 8.96. The van der Waals surface area contributed by atoms with Crippen LogP contribution in [-0.4, -0.2) is 43.1 Å². The van der Waals surface area contributed by atoms with Gasteiger partial charge in [-0.05, 0) is 55.7 Å². The number of hydrogen-bond acceptors (Lipinski definition) is 6. The lowest BCUT2D eigenvalue weighted by Crippen LogP contribution is -2.26. The Hall–Kier alpha value is -4.07. The number of thiocarbonyl (C=S) groups is 1. The van der Waals surface area contributed by atoms with E-state index in [1.165, 1.54) is 10.9 Å². The number of nitrogens with zero attached hydrogens (tertiary/aromatic N) is 3. The maximum atomic E-state index is 13.0. The number of aromatic nitrogens is 2. The van der Waals surface area contributed by atoms with Gasteiger partial charge in [-0.15, -0.1) is 0 Å². The summed E-state index contributed by atoms with van der Waals surface area (Å²) in [6, 6.07) is 14.1. The highest BCUT2D eigenvalue weighted by molar-refractivity contribution is 9.09. The van der Waals surface area contributed by atoms with Crippen molar-refractivity contribution in [3.05, 3.63) is 82.8 Å². The van der Waals surface area contributed by atoms with Gasteiger partial charge in [-0.1, -0.05) is 58.2 Å².